The van der Waals surface area contributed by atoms with Crippen molar-refractivity contribution in [1.82, 2.24) is 9.78 Å². The van der Waals surface area contributed by atoms with E-state index in [0.717, 1.165) is 5.56 Å². The van der Waals surface area contributed by atoms with E-state index >= 15 is 0 Å². The van der Waals surface area contributed by atoms with Crippen LogP contribution in [0.3, 0.4) is 0 Å². The number of aryl methyl sites for hydroxylation is 1. The Labute approximate surface area is 212 Å². The summed E-state index contributed by atoms with van der Waals surface area (Å²) in [5.74, 6) is -0.705. The molecule has 0 aliphatic rings. The molecule has 3 aromatic carbocycles. The summed E-state index contributed by atoms with van der Waals surface area (Å²) in [6.07, 6.45) is 1.51. The molecule has 8 heteroatoms. The summed E-state index contributed by atoms with van der Waals surface area (Å²) >= 11 is 0. The highest BCUT2D eigenvalue weighted by molar-refractivity contribution is 6.04. The first-order valence-electron chi connectivity index (χ1n) is 11.5. The lowest BCUT2D eigenvalue weighted by Gasteiger charge is -2.10. The van der Waals surface area contributed by atoms with E-state index in [4.69, 9.17) is 9.15 Å². The number of hydrogen-bond donors (Lipinski definition) is 1. The Balaban J connectivity index is 1.57. The summed E-state index contributed by atoms with van der Waals surface area (Å²) in [5.41, 5.74) is 4.10. The maximum atomic E-state index is 14.0. The molecule has 1 N–H and O–H groups in total. The monoisotopic (exact) mass is 495 g/mol. The lowest BCUT2D eigenvalue weighted by molar-refractivity contribution is -0.132. The maximum absolute atomic E-state index is 14.0. The van der Waals surface area contributed by atoms with Crippen LogP contribution in [0.5, 0.6) is 5.88 Å². The Morgan fingerprint density at radius 3 is 2.38 bits per heavy atom. The number of nitrogens with zero attached hydrogens (tertiary/aromatic N) is 2. The van der Waals surface area contributed by atoms with Gasteiger partial charge < -0.3 is 14.5 Å². The van der Waals surface area contributed by atoms with Gasteiger partial charge in [0.1, 0.15) is 11.5 Å². The van der Waals surface area contributed by atoms with Gasteiger partial charge in [0.25, 0.3) is 5.91 Å². The molecule has 0 spiro atoms. The Morgan fingerprint density at radius 2 is 1.73 bits per heavy atom. The van der Waals surface area contributed by atoms with Gasteiger partial charge in [-0.05, 0) is 67.1 Å². The first-order valence-corrected chi connectivity index (χ1v) is 11.5. The zero-order valence-corrected chi connectivity index (χ0v) is 20.1. The van der Waals surface area contributed by atoms with Crippen molar-refractivity contribution in [3.05, 3.63) is 108 Å². The van der Waals surface area contributed by atoms with Gasteiger partial charge >= 0.3 is 5.97 Å². The molecule has 0 unspecified atom stereocenters. The second-order valence-corrected chi connectivity index (χ2v) is 8.39. The summed E-state index contributed by atoms with van der Waals surface area (Å²) in [4.78, 5) is 24.7. The van der Waals surface area contributed by atoms with E-state index in [1.807, 2.05) is 19.1 Å². The fourth-order valence-corrected chi connectivity index (χ4v) is 3.89. The van der Waals surface area contributed by atoms with Gasteiger partial charge in [0.05, 0.1) is 17.5 Å². The predicted molar refractivity (Wildman–Crippen MR) is 137 cm³/mol. The van der Waals surface area contributed by atoms with Gasteiger partial charge in [-0.3, -0.25) is 9.59 Å². The van der Waals surface area contributed by atoms with Gasteiger partial charge in [0.15, 0.2) is 5.76 Å². The van der Waals surface area contributed by atoms with E-state index in [1.165, 1.54) is 30.0 Å². The molecule has 0 saturated heterocycles. The molecular formula is C29H22FN3O4. The number of amides is 1. The van der Waals surface area contributed by atoms with Crippen LogP contribution in [0, 0.1) is 12.7 Å². The summed E-state index contributed by atoms with van der Waals surface area (Å²) < 4.78 is 26.6. The second-order valence-electron chi connectivity index (χ2n) is 8.39. The minimum Gasteiger partial charge on any atom is -0.463 e. The molecule has 0 aliphatic heterocycles. The zero-order valence-electron chi connectivity index (χ0n) is 20.1. The number of carbonyl (C=O) groups is 2. The quantitative estimate of drug-likeness (QED) is 0.275. The van der Waals surface area contributed by atoms with Crippen LogP contribution in [0.25, 0.3) is 28.3 Å². The van der Waals surface area contributed by atoms with Crippen LogP contribution < -0.4 is 10.1 Å². The summed E-state index contributed by atoms with van der Waals surface area (Å²) in [7, 11) is 0. The molecule has 37 heavy (non-hydrogen) atoms. The molecule has 0 aliphatic carbocycles. The average molecular weight is 496 g/mol. The number of benzene rings is 3. The number of aromatic nitrogens is 2. The minimum absolute atomic E-state index is 0.112. The van der Waals surface area contributed by atoms with Gasteiger partial charge in [-0.25, -0.2) is 4.39 Å². The predicted octanol–water partition coefficient (Wildman–Crippen LogP) is 6.42. The van der Waals surface area contributed by atoms with Crippen molar-refractivity contribution in [2.24, 2.45) is 0 Å². The molecular weight excluding hydrogens is 473 g/mol. The highest BCUT2D eigenvalue weighted by Crippen LogP contribution is 2.41. The lowest BCUT2D eigenvalue weighted by atomic mass is 10.0. The molecule has 2 aromatic heterocycles. The SMILES string of the molecule is CC(=O)Oc1c(-c2ccc(NC(=O)c3ccc(C)cc3)cc2)c(-c2ccco2)nn1-c1cccc(F)c1. The molecule has 0 saturated carbocycles. The number of esters is 1. The van der Waals surface area contributed by atoms with Gasteiger partial charge in [0, 0.05) is 18.2 Å². The van der Waals surface area contributed by atoms with Crippen molar-refractivity contribution in [3.8, 4) is 34.1 Å². The van der Waals surface area contributed by atoms with Crippen LogP contribution in [-0.4, -0.2) is 21.7 Å². The van der Waals surface area contributed by atoms with Crippen LogP contribution in [0.4, 0.5) is 10.1 Å². The average Bonchev–Trinajstić information content (AvgIpc) is 3.53. The van der Waals surface area contributed by atoms with Gasteiger partial charge in [-0.2, -0.15) is 9.78 Å². The van der Waals surface area contributed by atoms with Crippen molar-refractivity contribution in [3.63, 3.8) is 0 Å². The number of ether oxygens (including phenoxy) is 1. The van der Waals surface area contributed by atoms with Crippen LogP contribution in [0.15, 0.2) is 95.6 Å². The number of rotatable bonds is 6. The van der Waals surface area contributed by atoms with E-state index < -0.39 is 11.8 Å². The van der Waals surface area contributed by atoms with Gasteiger partial charge in [0.2, 0.25) is 5.88 Å². The molecule has 0 radical (unpaired) electrons. The van der Waals surface area contributed by atoms with E-state index in [1.54, 1.807) is 60.7 Å². The standard InChI is InChI=1S/C29H22FN3O4/c1-18-8-10-21(11-9-18)28(35)31-23-14-12-20(13-15-23)26-27(25-7-4-16-36-25)32-33(29(26)37-19(2)34)24-6-3-5-22(30)17-24/h3-17H,1-2H3,(H,31,35). The summed E-state index contributed by atoms with van der Waals surface area (Å²) in [6, 6.07) is 23.6. The molecule has 2 heterocycles. The Bertz CT molecular complexity index is 1570. The van der Waals surface area contributed by atoms with Crippen LogP contribution >= 0.6 is 0 Å². The van der Waals surface area contributed by atoms with Crippen molar-refractivity contribution in [2.75, 3.05) is 5.32 Å². The number of furan rings is 1. The third-order valence-corrected chi connectivity index (χ3v) is 5.64. The van der Waals surface area contributed by atoms with Crippen molar-refractivity contribution < 1.29 is 23.1 Å². The number of anilines is 1. The van der Waals surface area contributed by atoms with Crippen LogP contribution in [-0.2, 0) is 4.79 Å². The molecule has 0 bridgehead atoms. The van der Waals surface area contributed by atoms with Gasteiger partial charge in [-0.15, -0.1) is 0 Å². The van der Waals surface area contributed by atoms with Crippen molar-refractivity contribution in [2.45, 2.75) is 13.8 Å². The Kier molecular flexibility index (Phi) is 6.38. The second kappa shape index (κ2) is 9.94. The van der Waals surface area contributed by atoms with Crippen LogP contribution in [0.2, 0.25) is 0 Å². The number of halogens is 1. The normalized spacial score (nSPS) is 10.8. The number of carbonyl (C=O) groups excluding carboxylic acids is 2. The first kappa shape index (κ1) is 23.7. The van der Waals surface area contributed by atoms with Crippen LogP contribution in [0.1, 0.15) is 22.8 Å². The topological polar surface area (TPSA) is 86.4 Å². The fourth-order valence-electron chi connectivity index (χ4n) is 3.89. The first-order chi connectivity index (χ1) is 17.9. The van der Waals surface area contributed by atoms with Crippen molar-refractivity contribution >= 4 is 17.6 Å². The molecule has 7 nitrogen and oxygen atoms in total. The highest BCUT2D eigenvalue weighted by atomic mass is 19.1. The fraction of sp³-hybridized carbons (Fsp3) is 0.0690. The van der Waals surface area contributed by atoms with E-state index in [0.29, 0.717) is 39.5 Å². The summed E-state index contributed by atoms with van der Waals surface area (Å²) in [6.45, 7) is 3.24. The number of nitrogens with one attached hydrogen (secondary N) is 1. The van der Waals surface area contributed by atoms with E-state index in [2.05, 4.69) is 10.4 Å². The van der Waals surface area contributed by atoms with E-state index in [9.17, 15) is 14.0 Å². The molecule has 0 atom stereocenters. The Hall–Kier alpha value is -4.98. The molecule has 5 aromatic rings. The minimum atomic E-state index is -0.563. The largest absolute Gasteiger partial charge is 0.463 e. The maximum Gasteiger partial charge on any atom is 0.309 e. The molecule has 5 rings (SSSR count). The Morgan fingerprint density at radius 1 is 0.973 bits per heavy atom. The molecule has 184 valence electrons. The smallest absolute Gasteiger partial charge is 0.309 e. The van der Waals surface area contributed by atoms with Crippen molar-refractivity contribution in [1.29, 1.82) is 0 Å². The summed E-state index contributed by atoms with van der Waals surface area (Å²) in [5, 5.41) is 7.50. The molecule has 0 fully saturated rings. The zero-order chi connectivity index (χ0) is 25.9. The van der Waals surface area contributed by atoms with Gasteiger partial charge in [-0.1, -0.05) is 35.9 Å². The third-order valence-electron chi connectivity index (χ3n) is 5.64. The third kappa shape index (κ3) is 5.04. The van der Waals surface area contributed by atoms with E-state index in [-0.39, 0.29) is 11.8 Å². The molecule has 1 amide bonds. The lowest BCUT2D eigenvalue weighted by Crippen LogP contribution is -2.11. The number of hydrogen-bond acceptors (Lipinski definition) is 5. The highest BCUT2D eigenvalue weighted by Gasteiger charge is 2.26.